The molecular formula is C18H26N4O2. The van der Waals surface area contributed by atoms with E-state index in [2.05, 4.69) is 10.3 Å². The average Bonchev–Trinajstić information content (AvgIpc) is 3.12. The smallest absolute Gasteiger partial charge is 0.317 e. The van der Waals surface area contributed by atoms with Crippen molar-refractivity contribution in [1.29, 1.82) is 0 Å². The highest BCUT2D eigenvalue weighted by Gasteiger charge is 2.13. The molecule has 130 valence electrons. The summed E-state index contributed by atoms with van der Waals surface area (Å²) >= 11 is 0. The van der Waals surface area contributed by atoms with Gasteiger partial charge in [-0.25, -0.2) is 9.78 Å². The first-order valence-electron chi connectivity index (χ1n) is 8.34. The lowest BCUT2D eigenvalue weighted by atomic mass is 10.2. The van der Waals surface area contributed by atoms with Crippen molar-refractivity contribution in [3.8, 4) is 5.75 Å². The Morgan fingerprint density at radius 1 is 1.33 bits per heavy atom. The van der Waals surface area contributed by atoms with E-state index >= 15 is 0 Å². The molecule has 0 saturated heterocycles. The molecule has 1 heterocycles. The van der Waals surface area contributed by atoms with Crippen LogP contribution in [0, 0.1) is 0 Å². The van der Waals surface area contributed by atoms with Crippen LogP contribution in [0.15, 0.2) is 43.0 Å². The van der Waals surface area contributed by atoms with Crippen LogP contribution < -0.4 is 10.1 Å². The minimum Gasteiger partial charge on any atom is -0.497 e. The summed E-state index contributed by atoms with van der Waals surface area (Å²) in [6.45, 7) is 4.87. The molecule has 1 aromatic heterocycles. The first kappa shape index (κ1) is 17.8. The summed E-state index contributed by atoms with van der Waals surface area (Å²) in [5.74, 6) is 0.820. The number of ether oxygens (including phenoxy) is 1. The molecule has 2 amide bonds. The molecule has 2 aromatic rings. The summed E-state index contributed by atoms with van der Waals surface area (Å²) in [5, 5.41) is 2.96. The van der Waals surface area contributed by atoms with Gasteiger partial charge in [0.1, 0.15) is 5.75 Å². The number of urea groups is 1. The number of nitrogens with one attached hydrogen (secondary N) is 1. The maximum atomic E-state index is 12.4. The number of benzene rings is 1. The molecule has 2 rings (SSSR count). The van der Waals surface area contributed by atoms with Gasteiger partial charge < -0.3 is 19.5 Å². The predicted octanol–water partition coefficient (Wildman–Crippen LogP) is 2.90. The maximum absolute atomic E-state index is 12.4. The van der Waals surface area contributed by atoms with Crippen molar-refractivity contribution in [2.75, 3.05) is 20.2 Å². The summed E-state index contributed by atoms with van der Waals surface area (Å²) in [6.07, 6.45) is 7.31. The number of imidazole rings is 1. The number of carbonyl (C=O) groups is 1. The highest BCUT2D eigenvalue weighted by molar-refractivity contribution is 5.74. The van der Waals surface area contributed by atoms with Gasteiger partial charge in [-0.3, -0.25) is 0 Å². The number of hydrogen-bond acceptors (Lipinski definition) is 3. The van der Waals surface area contributed by atoms with Crippen LogP contribution in [0.25, 0.3) is 0 Å². The number of carbonyl (C=O) groups excluding carboxylic acids is 1. The van der Waals surface area contributed by atoms with E-state index in [0.29, 0.717) is 19.6 Å². The van der Waals surface area contributed by atoms with Gasteiger partial charge in [0.05, 0.1) is 13.4 Å². The Morgan fingerprint density at radius 3 is 2.75 bits per heavy atom. The van der Waals surface area contributed by atoms with Crippen LogP contribution >= 0.6 is 0 Å². The Kier molecular flexibility index (Phi) is 7.14. The number of aromatic nitrogens is 2. The van der Waals surface area contributed by atoms with Gasteiger partial charge in [-0.05, 0) is 30.5 Å². The van der Waals surface area contributed by atoms with Gasteiger partial charge in [0.15, 0.2) is 0 Å². The van der Waals surface area contributed by atoms with Gasteiger partial charge in [0, 0.05) is 38.6 Å². The fourth-order valence-electron chi connectivity index (χ4n) is 2.41. The second-order valence-electron chi connectivity index (χ2n) is 5.66. The van der Waals surface area contributed by atoms with E-state index in [9.17, 15) is 4.79 Å². The molecule has 0 aliphatic rings. The number of hydrogen-bond donors (Lipinski definition) is 1. The predicted molar refractivity (Wildman–Crippen MR) is 93.9 cm³/mol. The Labute approximate surface area is 143 Å². The number of aryl methyl sites for hydroxylation is 1. The van der Waals surface area contributed by atoms with E-state index in [1.54, 1.807) is 19.6 Å². The van der Waals surface area contributed by atoms with Gasteiger partial charge in [0.2, 0.25) is 0 Å². The number of methoxy groups -OCH3 is 1. The van der Waals surface area contributed by atoms with Crippen LogP contribution in [0.5, 0.6) is 5.75 Å². The van der Waals surface area contributed by atoms with Gasteiger partial charge in [-0.1, -0.05) is 19.1 Å². The quantitative estimate of drug-likeness (QED) is 0.769. The zero-order valence-corrected chi connectivity index (χ0v) is 14.4. The monoisotopic (exact) mass is 330 g/mol. The van der Waals surface area contributed by atoms with Gasteiger partial charge in [0.25, 0.3) is 0 Å². The van der Waals surface area contributed by atoms with Crippen LogP contribution in [0.1, 0.15) is 25.3 Å². The lowest BCUT2D eigenvalue weighted by Gasteiger charge is -2.23. The molecule has 0 aliphatic heterocycles. The minimum absolute atomic E-state index is 0.0155. The zero-order valence-electron chi connectivity index (χ0n) is 14.4. The number of amides is 2. The van der Waals surface area contributed by atoms with E-state index in [1.807, 2.05) is 46.9 Å². The third-order valence-corrected chi connectivity index (χ3v) is 3.75. The fourth-order valence-corrected chi connectivity index (χ4v) is 2.41. The lowest BCUT2D eigenvalue weighted by Crippen LogP contribution is -2.40. The molecule has 6 heteroatoms. The molecule has 0 unspecified atom stereocenters. The number of nitrogens with zero attached hydrogens (tertiary/aromatic N) is 3. The van der Waals surface area contributed by atoms with Gasteiger partial charge in [-0.2, -0.15) is 0 Å². The van der Waals surface area contributed by atoms with Crippen LogP contribution in [-0.4, -0.2) is 40.7 Å². The van der Waals surface area contributed by atoms with Gasteiger partial charge in [-0.15, -0.1) is 0 Å². The Morgan fingerprint density at radius 2 is 2.12 bits per heavy atom. The highest BCUT2D eigenvalue weighted by atomic mass is 16.5. The van der Waals surface area contributed by atoms with Crippen LogP contribution in [-0.2, 0) is 13.1 Å². The number of rotatable bonds is 9. The summed E-state index contributed by atoms with van der Waals surface area (Å²) in [4.78, 5) is 18.3. The highest BCUT2D eigenvalue weighted by Crippen LogP contribution is 2.13. The Hall–Kier alpha value is -2.50. The van der Waals surface area contributed by atoms with Crippen molar-refractivity contribution in [3.63, 3.8) is 0 Å². The second-order valence-corrected chi connectivity index (χ2v) is 5.66. The second kappa shape index (κ2) is 9.60. The van der Waals surface area contributed by atoms with Crippen molar-refractivity contribution in [1.82, 2.24) is 19.8 Å². The molecule has 0 aliphatic carbocycles. The van der Waals surface area contributed by atoms with Crippen molar-refractivity contribution < 1.29 is 9.53 Å². The Balaban J connectivity index is 1.93. The lowest BCUT2D eigenvalue weighted by molar-refractivity contribution is 0.193. The molecule has 1 N–H and O–H groups in total. The molecule has 0 saturated carbocycles. The Bertz CT molecular complexity index is 596. The molecule has 1 aromatic carbocycles. The van der Waals surface area contributed by atoms with Crippen LogP contribution in [0.2, 0.25) is 0 Å². The van der Waals surface area contributed by atoms with Crippen molar-refractivity contribution in [2.24, 2.45) is 0 Å². The normalized spacial score (nSPS) is 10.4. The average molecular weight is 330 g/mol. The topological polar surface area (TPSA) is 59.4 Å². The molecule has 0 fully saturated rings. The SMILES string of the molecule is CCCNC(=O)N(CCCn1ccnc1)Cc1ccc(OC)cc1. The summed E-state index contributed by atoms with van der Waals surface area (Å²) in [7, 11) is 1.65. The molecule has 0 bridgehead atoms. The van der Waals surface area contributed by atoms with E-state index in [-0.39, 0.29) is 6.03 Å². The van der Waals surface area contributed by atoms with E-state index in [1.165, 1.54) is 0 Å². The van der Waals surface area contributed by atoms with Crippen LogP contribution in [0.4, 0.5) is 4.79 Å². The van der Waals surface area contributed by atoms with E-state index in [0.717, 1.165) is 30.7 Å². The molecule has 6 nitrogen and oxygen atoms in total. The largest absolute Gasteiger partial charge is 0.497 e. The molecule has 0 atom stereocenters. The maximum Gasteiger partial charge on any atom is 0.317 e. The third kappa shape index (κ3) is 5.61. The van der Waals surface area contributed by atoms with E-state index < -0.39 is 0 Å². The molecule has 0 radical (unpaired) electrons. The third-order valence-electron chi connectivity index (χ3n) is 3.75. The molecular weight excluding hydrogens is 304 g/mol. The fraction of sp³-hybridized carbons (Fsp3) is 0.444. The van der Waals surface area contributed by atoms with Crippen LogP contribution in [0.3, 0.4) is 0 Å². The van der Waals surface area contributed by atoms with Crippen molar-refractivity contribution in [2.45, 2.75) is 32.9 Å². The molecule has 0 spiro atoms. The van der Waals surface area contributed by atoms with Crippen molar-refractivity contribution in [3.05, 3.63) is 48.5 Å². The summed E-state index contributed by atoms with van der Waals surface area (Å²) in [6, 6.07) is 7.81. The van der Waals surface area contributed by atoms with Gasteiger partial charge >= 0.3 is 6.03 Å². The summed E-state index contributed by atoms with van der Waals surface area (Å²) < 4.78 is 7.20. The first-order valence-corrected chi connectivity index (χ1v) is 8.34. The zero-order chi connectivity index (χ0) is 17.2. The molecule has 24 heavy (non-hydrogen) atoms. The van der Waals surface area contributed by atoms with E-state index in [4.69, 9.17) is 4.74 Å². The summed E-state index contributed by atoms with van der Waals surface area (Å²) in [5.41, 5.74) is 1.09. The standard InChI is InChI=1S/C18H26N4O2/c1-3-9-20-18(23)22(12-4-11-21-13-10-19-15-21)14-16-5-7-17(24-2)8-6-16/h5-8,10,13,15H,3-4,9,11-12,14H2,1-2H3,(H,20,23). The first-order chi connectivity index (χ1) is 11.7. The van der Waals surface area contributed by atoms with Crippen molar-refractivity contribution >= 4 is 6.03 Å². The minimum atomic E-state index is -0.0155.